The molecule has 31 heavy (non-hydrogen) atoms. The van der Waals surface area contributed by atoms with Crippen molar-refractivity contribution < 1.29 is 8.42 Å². The zero-order valence-electron chi connectivity index (χ0n) is 19.2. The van der Waals surface area contributed by atoms with Crippen LogP contribution in [0.2, 0.25) is 0 Å². The molecule has 4 heteroatoms. The molecule has 0 saturated carbocycles. The van der Waals surface area contributed by atoms with Crippen LogP contribution in [0, 0.1) is 0 Å². The number of likely N-dealkylation sites (tertiary alicyclic amines) is 1. The number of unbranched alkanes of at least 4 members (excludes halogenated alkanes) is 6. The second-order valence-electron chi connectivity index (χ2n) is 9.12. The van der Waals surface area contributed by atoms with E-state index < -0.39 is 9.84 Å². The predicted molar refractivity (Wildman–Crippen MR) is 130 cm³/mol. The molecule has 1 fully saturated rings. The van der Waals surface area contributed by atoms with Gasteiger partial charge in [-0.25, -0.2) is 8.42 Å². The summed E-state index contributed by atoms with van der Waals surface area (Å²) in [7, 11) is -1.22. The topological polar surface area (TPSA) is 37.4 Å². The average Bonchev–Trinajstić information content (AvgIpc) is 3.10. The van der Waals surface area contributed by atoms with Crippen LogP contribution in [0.3, 0.4) is 0 Å². The summed E-state index contributed by atoms with van der Waals surface area (Å²) in [4.78, 5) is 2.83. The third-order valence-electron chi connectivity index (χ3n) is 6.93. The van der Waals surface area contributed by atoms with Gasteiger partial charge in [-0.3, -0.25) is 4.90 Å². The highest BCUT2D eigenvalue weighted by molar-refractivity contribution is 7.92. The van der Waals surface area contributed by atoms with E-state index in [1.165, 1.54) is 50.5 Å². The molecule has 1 saturated heterocycles. The van der Waals surface area contributed by atoms with Crippen LogP contribution in [-0.4, -0.2) is 37.7 Å². The Morgan fingerprint density at radius 1 is 0.839 bits per heavy atom. The van der Waals surface area contributed by atoms with E-state index in [4.69, 9.17) is 0 Å². The number of hydrogen-bond donors (Lipinski definition) is 0. The van der Waals surface area contributed by atoms with Crippen LogP contribution in [-0.2, 0) is 16.3 Å². The fourth-order valence-corrected chi connectivity index (χ4v) is 7.10. The molecule has 3 nitrogen and oxygen atoms in total. The molecule has 3 atom stereocenters. The first-order valence-electron chi connectivity index (χ1n) is 12.1. The van der Waals surface area contributed by atoms with E-state index in [0.29, 0.717) is 10.9 Å². The molecule has 170 valence electrons. The molecule has 0 bridgehead atoms. The van der Waals surface area contributed by atoms with Crippen molar-refractivity contribution in [3.8, 4) is 0 Å². The molecule has 1 aliphatic rings. The van der Waals surface area contributed by atoms with Crippen LogP contribution in [0.4, 0.5) is 0 Å². The number of nitrogens with zero attached hydrogens (tertiary/aromatic N) is 1. The first kappa shape index (κ1) is 24.0. The zero-order valence-corrected chi connectivity index (χ0v) is 20.1. The molecule has 2 aromatic carbocycles. The summed E-state index contributed by atoms with van der Waals surface area (Å²) in [6.07, 6.45) is 11.7. The van der Waals surface area contributed by atoms with Crippen LogP contribution in [0.15, 0.2) is 65.6 Å². The summed E-state index contributed by atoms with van der Waals surface area (Å²) >= 11 is 0. The Kier molecular flexibility index (Phi) is 9.15. The van der Waals surface area contributed by atoms with Gasteiger partial charge in [0.05, 0.1) is 10.1 Å². The Bertz CT molecular complexity index is 867. The van der Waals surface area contributed by atoms with Crippen molar-refractivity contribution in [3.63, 3.8) is 0 Å². The Labute approximate surface area is 189 Å². The summed E-state index contributed by atoms with van der Waals surface area (Å²) in [6, 6.07) is 19.7. The lowest BCUT2D eigenvalue weighted by Crippen LogP contribution is -2.40. The minimum absolute atomic E-state index is 0.0159. The molecular weight excluding hydrogens is 402 g/mol. The lowest BCUT2D eigenvalue weighted by Gasteiger charge is -2.28. The van der Waals surface area contributed by atoms with Gasteiger partial charge in [0.25, 0.3) is 0 Å². The maximum atomic E-state index is 13.6. The van der Waals surface area contributed by atoms with Crippen LogP contribution < -0.4 is 0 Å². The highest BCUT2D eigenvalue weighted by Gasteiger charge is 2.45. The third-order valence-corrected chi connectivity index (χ3v) is 9.16. The van der Waals surface area contributed by atoms with E-state index in [1.54, 1.807) is 12.1 Å². The molecule has 0 unspecified atom stereocenters. The fourth-order valence-electron chi connectivity index (χ4n) is 5.03. The second-order valence-corrected chi connectivity index (χ2v) is 11.3. The zero-order chi connectivity index (χ0) is 22.1. The maximum Gasteiger partial charge on any atom is 0.182 e. The largest absolute Gasteiger partial charge is 0.299 e. The molecule has 2 aromatic rings. The highest BCUT2D eigenvalue weighted by atomic mass is 32.2. The van der Waals surface area contributed by atoms with E-state index in [1.807, 2.05) is 36.4 Å². The van der Waals surface area contributed by atoms with Gasteiger partial charge in [0.1, 0.15) is 0 Å². The van der Waals surface area contributed by atoms with Gasteiger partial charge < -0.3 is 0 Å². The fraction of sp³-hybridized carbons (Fsp3) is 0.556. The molecule has 0 amide bonds. The van der Waals surface area contributed by atoms with Crippen LogP contribution in [0.5, 0.6) is 0 Å². The van der Waals surface area contributed by atoms with E-state index in [0.717, 1.165) is 19.3 Å². The van der Waals surface area contributed by atoms with Gasteiger partial charge in [0.15, 0.2) is 9.84 Å². The standard InChI is InChI=1S/C27H39NO2S/c1-3-4-5-6-7-8-13-18-24-22-27(31(29,30)25-19-14-10-15-20-25)26(28(24)2)21-23-16-11-9-12-17-23/h9-12,14-17,19-20,24,26-27H,3-8,13,18,21-22H2,1-2H3/t24-,26+,27-/m1/s1. The first-order chi connectivity index (χ1) is 15.0. The van der Waals surface area contributed by atoms with Gasteiger partial charge in [0.2, 0.25) is 0 Å². The van der Waals surface area contributed by atoms with E-state index in [-0.39, 0.29) is 11.3 Å². The smallest absolute Gasteiger partial charge is 0.182 e. The van der Waals surface area contributed by atoms with Crippen molar-refractivity contribution in [3.05, 3.63) is 66.2 Å². The molecule has 0 radical (unpaired) electrons. The quantitative estimate of drug-likeness (QED) is 0.364. The predicted octanol–water partition coefficient (Wildman–Crippen LogP) is 6.29. The maximum absolute atomic E-state index is 13.6. The summed E-state index contributed by atoms with van der Waals surface area (Å²) < 4.78 is 27.2. The van der Waals surface area contributed by atoms with Gasteiger partial charge in [-0.05, 0) is 44.0 Å². The van der Waals surface area contributed by atoms with E-state index in [9.17, 15) is 8.42 Å². The summed E-state index contributed by atoms with van der Waals surface area (Å²) in [5.41, 5.74) is 1.21. The molecule has 0 N–H and O–H groups in total. The second kappa shape index (κ2) is 11.8. The Hall–Kier alpha value is -1.65. The SMILES string of the molecule is CCCCCCCCC[C@@H]1C[C@@H](S(=O)(=O)c2ccccc2)[C@H](Cc2ccccc2)N1C. The lowest BCUT2D eigenvalue weighted by atomic mass is 10.0. The van der Waals surface area contributed by atoms with Gasteiger partial charge in [-0.1, -0.05) is 100 Å². The minimum atomic E-state index is -3.36. The number of hydrogen-bond acceptors (Lipinski definition) is 3. The molecule has 0 aromatic heterocycles. The average molecular weight is 442 g/mol. The minimum Gasteiger partial charge on any atom is -0.299 e. The van der Waals surface area contributed by atoms with E-state index in [2.05, 4.69) is 31.0 Å². The molecular formula is C27H39NO2S. The van der Waals surface area contributed by atoms with Crippen molar-refractivity contribution in [2.45, 2.75) is 93.4 Å². The molecule has 3 rings (SSSR count). The normalized spacial score (nSPS) is 22.1. The van der Waals surface area contributed by atoms with Gasteiger partial charge >= 0.3 is 0 Å². The molecule has 0 spiro atoms. The molecule has 1 heterocycles. The van der Waals surface area contributed by atoms with Crippen molar-refractivity contribution in [1.82, 2.24) is 4.90 Å². The number of rotatable bonds is 12. The van der Waals surface area contributed by atoms with E-state index >= 15 is 0 Å². The summed E-state index contributed by atoms with van der Waals surface area (Å²) in [5.74, 6) is 0. The van der Waals surface area contributed by atoms with Crippen LogP contribution in [0.1, 0.15) is 70.3 Å². The lowest BCUT2D eigenvalue weighted by molar-refractivity contribution is 0.226. The monoisotopic (exact) mass is 441 g/mol. The van der Waals surface area contributed by atoms with Crippen molar-refractivity contribution in [2.75, 3.05) is 7.05 Å². The Morgan fingerprint density at radius 3 is 2.06 bits per heavy atom. The first-order valence-corrected chi connectivity index (χ1v) is 13.6. The number of benzene rings is 2. The number of likely N-dealkylation sites (N-methyl/N-ethyl adjacent to an activating group) is 1. The molecule has 0 aliphatic carbocycles. The van der Waals surface area contributed by atoms with Crippen LogP contribution >= 0.6 is 0 Å². The van der Waals surface area contributed by atoms with Crippen molar-refractivity contribution in [2.24, 2.45) is 0 Å². The van der Waals surface area contributed by atoms with Crippen LogP contribution in [0.25, 0.3) is 0 Å². The third kappa shape index (κ3) is 6.43. The Morgan fingerprint density at radius 2 is 1.42 bits per heavy atom. The van der Waals surface area contributed by atoms with Gasteiger partial charge in [-0.2, -0.15) is 0 Å². The highest BCUT2D eigenvalue weighted by Crippen LogP contribution is 2.36. The van der Waals surface area contributed by atoms with Crippen molar-refractivity contribution >= 4 is 9.84 Å². The number of sulfone groups is 1. The summed E-state index contributed by atoms with van der Waals surface area (Å²) in [6.45, 7) is 2.25. The molecule has 1 aliphatic heterocycles. The summed E-state index contributed by atoms with van der Waals surface area (Å²) in [5, 5.41) is -0.352. The van der Waals surface area contributed by atoms with Gasteiger partial charge in [-0.15, -0.1) is 0 Å². The van der Waals surface area contributed by atoms with Gasteiger partial charge in [0, 0.05) is 12.1 Å². The Balaban J connectivity index is 1.69. The van der Waals surface area contributed by atoms with Crippen molar-refractivity contribution in [1.29, 1.82) is 0 Å².